The molecule has 0 aliphatic rings. The highest BCUT2D eigenvalue weighted by Gasteiger charge is 2.14. The van der Waals surface area contributed by atoms with E-state index in [-0.39, 0.29) is 13.0 Å². The molecule has 0 spiro atoms. The van der Waals surface area contributed by atoms with E-state index in [0.29, 0.717) is 35.4 Å². The van der Waals surface area contributed by atoms with Gasteiger partial charge in [0.2, 0.25) is 0 Å². The minimum atomic E-state index is -0.951. The molecule has 4 rings (SSSR count). The van der Waals surface area contributed by atoms with Crippen LogP contribution in [0, 0.1) is 6.01 Å². The maximum atomic E-state index is 13.9. The van der Waals surface area contributed by atoms with Gasteiger partial charge in [-0.05, 0) is 46.5 Å². The molecule has 0 radical (unpaired) electrons. The van der Waals surface area contributed by atoms with Crippen LogP contribution in [0.25, 0.3) is 22.1 Å². The topological polar surface area (TPSA) is 112 Å². The molecule has 3 aromatic carbocycles. The van der Waals surface area contributed by atoms with Crippen LogP contribution in [0.2, 0.25) is 0 Å². The second-order valence-corrected chi connectivity index (χ2v) is 7.52. The first-order valence-corrected chi connectivity index (χ1v) is 10.1. The van der Waals surface area contributed by atoms with Crippen LogP contribution in [0.5, 0.6) is 5.75 Å². The number of carboxylic acids is 1. The van der Waals surface area contributed by atoms with Crippen molar-refractivity contribution in [1.29, 1.82) is 0 Å². The summed E-state index contributed by atoms with van der Waals surface area (Å²) >= 11 is 0. The number of furan rings is 1. The minimum absolute atomic E-state index is 0.160. The minimum Gasteiger partial charge on any atom is -0.489 e. The van der Waals surface area contributed by atoms with E-state index in [0.717, 1.165) is 27.8 Å². The second-order valence-electron chi connectivity index (χ2n) is 7.52. The van der Waals surface area contributed by atoms with Gasteiger partial charge in [0.15, 0.2) is 0 Å². The zero-order chi connectivity index (χ0) is 22.7. The van der Waals surface area contributed by atoms with Gasteiger partial charge in [0.25, 0.3) is 6.01 Å². The SMILES string of the molecule is NCc1cccc(-c2cc(COc3cc(CN)ccc3CC(=O)O)cc3cc(F)oc23)c1. The number of fused-ring (bicyclic) bond motifs is 1. The van der Waals surface area contributed by atoms with Gasteiger partial charge >= 0.3 is 5.97 Å². The normalized spacial score (nSPS) is 11.1. The van der Waals surface area contributed by atoms with E-state index in [2.05, 4.69) is 0 Å². The average molecular weight is 434 g/mol. The molecule has 164 valence electrons. The molecule has 0 fully saturated rings. The van der Waals surface area contributed by atoms with Gasteiger partial charge in [0.1, 0.15) is 17.9 Å². The fraction of sp³-hybridized carbons (Fsp3) is 0.160. The quantitative estimate of drug-likeness (QED) is 0.380. The number of aliphatic carboxylic acids is 1. The number of halogens is 1. The Morgan fingerprint density at radius 1 is 0.969 bits per heavy atom. The van der Waals surface area contributed by atoms with E-state index in [1.54, 1.807) is 24.3 Å². The number of carboxylic acid groups (broad SMARTS) is 1. The van der Waals surface area contributed by atoms with Crippen LogP contribution in [0.3, 0.4) is 0 Å². The van der Waals surface area contributed by atoms with Crippen LogP contribution in [-0.2, 0) is 30.9 Å². The van der Waals surface area contributed by atoms with Crippen molar-refractivity contribution >= 4 is 16.9 Å². The smallest absolute Gasteiger partial charge is 0.307 e. The molecule has 0 saturated carbocycles. The summed E-state index contributed by atoms with van der Waals surface area (Å²) in [4.78, 5) is 11.2. The first-order chi connectivity index (χ1) is 15.5. The lowest BCUT2D eigenvalue weighted by Gasteiger charge is -2.13. The molecule has 5 N–H and O–H groups in total. The van der Waals surface area contributed by atoms with Gasteiger partial charge in [-0.3, -0.25) is 4.79 Å². The van der Waals surface area contributed by atoms with Crippen molar-refractivity contribution in [2.75, 3.05) is 0 Å². The summed E-state index contributed by atoms with van der Waals surface area (Å²) in [7, 11) is 0. The van der Waals surface area contributed by atoms with Crippen molar-refractivity contribution in [2.45, 2.75) is 26.1 Å². The highest BCUT2D eigenvalue weighted by atomic mass is 19.1. The average Bonchev–Trinajstić information content (AvgIpc) is 3.17. The van der Waals surface area contributed by atoms with Crippen LogP contribution in [0.1, 0.15) is 22.3 Å². The molecule has 6 nitrogen and oxygen atoms in total. The Balaban J connectivity index is 1.71. The van der Waals surface area contributed by atoms with Crippen molar-refractivity contribution in [1.82, 2.24) is 0 Å². The lowest BCUT2D eigenvalue weighted by atomic mass is 9.99. The van der Waals surface area contributed by atoms with Crippen LogP contribution >= 0.6 is 0 Å². The third-order valence-electron chi connectivity index (χ3n) is 5.22. The predicted octanol–water partition coefficient (Wildman–Crippen LogP) is 4.36. The molecular weight excluding hydrogens is 411 g/mol. The third-order valence-corrected chi connectivity index (χ3v) is 5.22. The summed E-state index contributed by atoms with van der Waals surface area (Å²) in [6.45, 7) is 0.856. The van der Waals surface area contributed by atoms with E-state index < -0.39 is 12.0 Å². The summed E-state index contributed by atoms with van der Waals surface area (Å²) in [6, 6.07) is 17.2. The number of hydrogen-bond acceptors (Lipinski definition) is 5. The number of carbonyl (C=O) groups is 1. The van der Waals surface area contributed by atoms with Crippen LogP contribution in [-0.4, -0.2) is 11.1 Å². The maximum absolute atomic E-state index is 13.9. The predicted molar refractivity (Wildman–Crippen MR) is 120 cm³/mol. The molecule has 0 unspecified atom stereocenters. The molecule has 0 amide bonds. The van der Waals surface area contributed by atoms with E-state index in [4.69, 9.17) is 20.6 Å². The highest BCUT2D eigenvalue weighted by molar-refractivity contribution is 5.93. The first-order valence-electron chi connectivity index (χ1n) is 10.1. The van der Waals surface area contributed by atoms with Gasteiger partial charge in [-0.1, -0.05) is 30.3 Å². The summed E-state index contributed by atoms with van der Waals surface area (Å²) in [6.07, 6.45) is -0.163. The molecule has 4 aromatic rings. The summed E-state index contributed by atoms with van der Waals surface area (Å²) in [5.41, 5.74) is 16.6. The van der Waals surface area contributed by atoms with Crippen molar-refractivity contribution in [3.05, 3.63) is 88.9 Å². The monoisotopic (exact) mass is 434 g/mol. The Kier molecular flexibility index (Phi) is 6.20. The fourth-order valence-electron chi connectivity index (χ4n) is 3.68. The Morgan fingerprint density at radius 3 is 2.50 bits per heavy atom. The summed E-state index contributed by atoms with van der Waals surface area (Å²) < 4.78 is 25.2. The van der Waals surface area contributed by atoms with Crippen LogP contribution in [0.4, 0.5) is 4.39 Å². The summed E-state index contributed by atoms with van der Waals surface area (Å²) in [5.74, 6) is -0.492. The van der Waals surface area contributed by atoms with Gasteiger partial charge < -0.3 is 25.7 Å². The van der Waals surface area contributed by atoms with Crippen LogP contribution < -0.4 is 16.2 Å². The largest absolute Gasteiger partial charge is 0.489 e. The lowest BCUT2D eigenvalue weighted by molar-refractivity contribution is -0.136. The van der Waals surface area contributed by atoms with Crippen molar-refractivity contribution in [3.8, 4) is 16.9 Å². The second kappa shape index (κ2) is 9.21. The molecule has 0 aliphatic heterocycles. The number of benzene rings is 3. The zero-order valence-electron chi connectivity index (χ0n) is 17.3. The zero-order valence-corrected chi connectivity index (χ0v) is 17.3. The molecule has 1 heterocycles. The molecular formula is C25H23FN2O4. The van der Waals surface area contributed by atoms with Gasteiger partial charge in [0, 0.05) is 35.7 Å². The van der Waals surface area contributed by atoms with Gasteiger partial charge in [-0.25, -0.2) is 0 Å². The standard InChI is InChI=1S/C25H23FN2O4/c26-23-10-20-7-17(8-21(25(20)32-23)18-3-1-2-15(6-18)12-27)14-31-22-9-16(13-28)4-5-19(22)11-24(29)30/h1-10H,11-14,27-28H2,(H,29,30). The Bertz CT molecular complexity index is 1280. The van der Waals surface area contributed by atoms with Crippen LogP contribution in [0.15, 0.2) is 65.1 Å². The molecule has 0 aliphatic carbocycles. The Morgan fingerprint density at radius 2 is 1.75 bits per heavy atom. The van der Waals surface area contributed by atoms with E-state index in [9.17, 15) is 14.3 Å². The molecule has 0 atom stereocenters. The van der Waals surface area contributed by atoms with Crippen molar-refractivity contribution in [2.24, 2.45) is 11.5 Å². The van der Waals surface area contributed by atoms with Gasteiger partial charge in [-0.15, -0.1) is 0 Å². The highest BCUT2D eigenvalue weighted by Crippen LogP contribution is 2.33. The van der Waals surface area contributed by atoms with Crippen molar-refractivity contribution in [3.63, 3.8) is 0 Å². The van der Waals surface area contributed by atoms with Crippen molar-refractivity contribution < 1.29 is 23.4 Å². The van der Waals surface area contributed by atoms with E-state index in [1.165, 1.54) is 6.07 Å². The molecule has 0 bridgehead atoms. The van der Waals surface area contributed by atoms with E-state index in [1.807, 2.05) is 30.3 Å². The number of rotatable bonds is 8. The number of ether oxygens (including phenoxy) is 1. The number of nitrogens with two attached hydrogens (primary N) is 2. The van der Waals surface area contributed by atoms with E-state index >= 15 is 0 Å². The summed E-state index contributed by atoms with van der Waals surface area (Å²) in [5, 5.41) is 9.80. The third kappa shape index (κ3) is 4.64. The molecule has 32 heavy (non-hydrogen) atoms. The number of hydrogen-bond donors (Lipinski definition) is 3. The molecule has 1 aromatic heterocycles. The molecule has 7 heteroatoms. The Hall–Kier alpha value is -3.68. The van der Waals surface area contributed by atoms with Gasteiger partial charge in [0.05, 0.1) is 6.42 Å². The first kappa shape index (κ1) is 21.5. The maximum Gasteiger partial charge on any atom is 0.307 e. The molecule has 0 saturated heterocycles. The fourth-order valence-corrected chi connectivity index (χ4v) is 3.68. The Labute approximate surface area is 184 Å². The lowest BCUT2D eigenvalue weighted by Crippen LogP contribution is -2.06. The van der Waals surface area contributed by atoms with Gasteiger partial charge in [-0.2, -0.15) is 4.39 Å².